The van der Waals surface area contributed by atoms with Crippen LogP contribution in [0.3, 0.4) is 0 Å². The van der Waals surface area contributed by atoms with Crippen molar-refractivity contribution in [2.75, 3.05) is 0 Å². The zero-order chi connectivity index (χ0) is 33.9. The van der Waals surface area contributed by atoms with Crippen molar-refractivity contribution in [1.82, 2.24) is 9.97 Å². The van der Waals surface area contributed by atoms with E-state index in [-0.39, 0.29) is 5.41 Å². The Hall–Kier alpha value is -6.16. The van der Waals surface area contributed by atoms with Crippen LogP contribution < -0.4 is 0 Å². The van der Waals surface area contributed by atoms with Crippen molar-refractivity contribution in [2.24, 2.45) is 0 Å². The van der Waals surface area contributed by atoms with Gasteiger partial charge in [0.1, 0.15) is 0 Å². The lowest BCUT2D eigenvalue weighted by molar-refractivity contribution is 0.714. The minimum Gasteiger partial charge on any atom is -0.228 e. The average molecular weight is 669 g/mol. The zero-order valence-electron chi connectivity index (χ0n) is 28.0. The molecular weight excluding hydrogens is 637 g/mol. The summed E-state index contributed by atoms with van der Waals surface area (Å²) < 4.78 is 2.53. The summed E-state index contributed by atoms with van der Waals surface area (Å²) in [6.07, 6.45) is 0. The Bertz CT molecular complexity index is 2750. The molecule has 2 nitrogen and oxygen atoms in total. The smallest absolute Gasteiger partial charge is 0.160 e. The van der Waals surface area contributed by atoms with E-state index in [1.54, 1.807) is 0 Å². The minimum absolute atomic E-state index is 0.197. The van der Waals surface area contributed by atoms with E-state index in [1.807, 2.05) is 29.5 Å². The molecule has 2 heterocycles. The van der Waals surface area contributed by atoms with Crippen LogP contribution in [0.15, 0.2) is 176 Å². The maximum Gasteiger partial charge on any atom is 0.160 e. The summed E-state index contributed by atoms with van der Waals surface area (Å²) in [4.78, 5) is 10.3. The Morgan fingerprint density at radius 1 is 0.431 bits per heavy atom. The topological polar surface area (TPSA) is 25.8 Å². The van der Waals surface area contributed by atoms with Gasteiger partial charge in [0.2, 0.25) is 0 Å². The van der Waals surface area contributed by atoms with E-state index < -0.39 is 0 Å². The zero-order valence-corrected chi connectivity index (χ0v) is 28.9. The van der Waals surface area contributed by atoms with Crippen LogP contribution in [-0.4, -0.2) is 9.97 Å². The molecule has 1 aliphatic carbocycles. The maximum absolute atomic E-state index is 5.17. The van der Waals surface area contributed by atoms with Gasteiger partial charge in [-0.05, 0) is 64.1 Å². The van der Waals surface area contributed by atoms with Gasteiger partial charge in [-0.25, -0.2) is 9.97 Å². The third-order valence-corrected chi connectivity index (χ3v) is 11.8. The van der Waals surface area contributed by atoms with Crippen LogP contribution >= 0.6 is 11.3 Å². The van der Waals surface area contributed by atoms with Crippen molar-refractivity contribution in [3.63, 3.8) is 0 Å². The second-order valence-corrected chi connectivity index (χ2v) is 14.5. The number of hydrogen-bond acceptors (Lipinski definition) is 3. The largest absolute Gasteiger partial charge is 0.228 e. The highest BCUT2D eigenvalue weighted by Gasteiger charge is 2.40. The van der Waals surface area contributed by atoms with Gasteiger partial charge in [-0.1, -0.05) is 158 Å². The van der Waals surface area contributed by atoms with Crippen molar-refractivity contribution in [1.29, 1.82) is 0 Å². The van der Waals surface area contributed by atoms with Crippen molar-refractivity contribution >= 4 is 31.5 Å². The minimum atomic E-state index is -0.197. The monoisotopic (exact) mass is 668 g/mol. The Balaban J connectivity index is 1.07. The quantitative estimate of drug-likeness (QED) is 0.182. The molecule has 0 fully saturated rings. The SMILES string of the molecule is CC1(c2ccccc2)c2ccccc2-c2cc(-c3ccc(-c4cc(-c5cccc6c5sc5ccccc56)nc(-c5ccccc5)n4)cc3)ccc21. The van der Waals surface area contributed by atoms with Crippen LogP contribution in [-0.2, 0) is 5.41 Å². The third-order valence-electron chi connectivity index (χ3n) is 10.6. The summed E-state index contributed by atoms with van der Waals surface area (Å²) in [5.41, 5.74) is 13.9. The molecule has 10 rings (SSSR count). The van der Waals surface area contributed by atoms with Gasteiger partial charge in [0.05, 0.1) is 11.4 Å². The van der Waals surface area contributed by atoms with Gasteiger partial charge in [-0.3, -0.25) is 0 Å². The van der Waals surface area contributed by atoms with Crippen molar-refractivity contribution in [2.45, 2.75) is 12.3 Å². The van der Waals surface area contributed by atoms with Crippen molar-refractivity contribution in [3.8, 4) is 56.2 Å². The first-order valence-electron chi connectivity index (χ1n) is 17.4. The second-order valence-electron chi connectivity index (χ2n) is 13.5. The van der Waals surface area contributed by atoms with Gasteiger partial charge in [0.25, 0.3) is 0 Å². The molecule has 0 aliphatic heterocycles. The Labute approximate surface area is 301 Å². The number of aromatic nitrogens is 2. The van der Waals surface area contributed by atoms with Crippen LogP contribution in [0.2, 0.25) is 0 Å². The summed E-state index contributed by atoms with van der Waals surface area (Å²) in [5, 5.41) is 2.55. The number of benzene rings is 7. The molecule has 1 atom stereocenters. The highest BCUT2D eigenvalue weighted by atomic mass is 32.1. The number of hydrogen-bond donors (Lipinski definition) is 0. The average Bonchev–Trinajstić information content (AvgIpc) is 3.72. The fraction of sp³-hybridized carbons (Fsp3) is 0.0417. The molecule has 0 saturated heterocycles. The van der Waals surface area contributed by atoms with Crippen LogP contribution in [0, 0.1) is 0 Å². The lowest BCUT2D eigenvalue weighted by Crippen LogP contribution is -2.22. The van der Waals surface area contributed by atoms with Gasteiger partial charge >= 0.3 is 0 Å². The normalized spacial score (nSPS) is 14.8. The van der Waals surface area contributed by atoms with Gasteiger partial charge < -0.3 is 0 Å². The summed E-state index contributed by atoms with van der Waals surface area (Å²) in [7, 11) is 0. The lowest BCUT2D eigenvalue weighted by Gasteiger charge is -2.28. The second kappa shape index (κ2) is 11.7. The molecule has 0 saturated carbocycles. The van der Waals surface area contributed by atoms with Gasteiger partial charge in [-0.15, -0.1) is 11.3 Å². The number of thiophene rings is 1. The van der Waals surface area contributed by atoms with Gasteiger partial charge in [0, 0.05) is 42.3 Å². The molecule has 0 amide bonds. The first-order chi connectivity index (χ1) is 25.1. The van der Waals surface area contributed by atoms with Gasteiger partial charge in [0.15, 0.2) is 5.82 Å². The Morgan fingerprint density at radius 2 is 1.06 bits per heavy atom. The first kappa shape index (κ1) is 29.7. The highest BCUT2D eigenvalue weighted by Crippen LogP contribution is 2.53. The Morgan fingerprint density at radius 3 is 1.90 bits per heavy atom. The maximum atomic E-state index is 5.17. The standard InChI is InChI=1S/C48H32N2S/c1-48(35-15-6-3-7-16-35)41-21-10-8-17-36(41)40-29-34(27-28-42(40)48)31-23-25-32(26-24-31)43-30-44(50-47(49-43)33-13-4-2-5-14-33)39-20-12-19-38-37-18-9-11-22-45(37)51-46(38)39/h2-30H,1H3. The molecule has 0 bridgehead atoms. The summed E-state index contributed by atoms with van der Waals surface area (Å²) in [5.74, 6) is 0.726. The fourth-order valence-corrected chi connectivity index (χ4v) is 9.22. The van der Waals surface area contributed by atoms with E-state index in [1.165, 1.54) is 59.1 Å². The fourth-order valence-electron chi connectivity index (χ4n) is 8.00. The van der Waals surface area contributed by atoms with Gasteiger partial charge in [-0.2, -0.15) is 0 Å². The molecule has 1 unspecified atom stereocenters. The molecule has 51 heavy (non-hydrogen) atoms. The van der Waals surface area contributed by atoms with E-state index in [2.05, 4.69) is 165 Å². The van der Waals surface area contributed by atoms with E-state index in [0.29, 0.717) is 0 Å². The van der Waals surface area contributed by atoms with Crippen molar-refractivity contribution in [3.05, 3.63) is 193 Å². The number of nitrogens with zero attached hydrogens (tertiary/aromatic N) is 2. The Kier molecular flexibility index (Phi) is 6.83. The van der Waals surface area contributed by atoms with E-state index in [4.69, 9.17) is 9.97 Å². The molecule has 1 aliphatic rings. The summed E-state index contributed by atoms with van der Waals surface area (Å²) in [6.45, 7) is 2.36. The van der Waals surface area contributed by atoms with E-state index >= 15 is 0 Å². The molecule has 0 N–H and O–H groups in total. The summed E-state index contributed by atoms with van der Waals surface area (Å²) in [6, 6.07) is 63.2. The van der Waals surface area contributed by atoms with E-state index in [9.17, 15) is 0 Å². The lowest BCUT2D eigenvalue weighted by atomic mass is 9.74. The molecule has 9 aromatic rings. The van der Waals surface area contributed by atoms with Crippen molar-refractivity contribution < 1.29 is 0 Å². The molecular formula is C48H32N2S. The molecule has 240 valence electrons. The molecule has 0 radical (unpaired) electrons. The highest BCUT2D eigenvalue weighted by molar-refractivity contribution is 7.26. The number of fused-ring (bicyclic) bond motifs is 6. The van der Waals surface area contributed by atoms with Crippen LogP contribution in [0.25, 0.3) is 76.3 Å². The first-order valence-corrected chi connectivity index (χ1v) is 18.2. The predicted octanol–water partition coefficient (Wildman–Crippen LogP) is 12.8. The van der Waals surface area contributed by atoms with Crippen LogP contribution in [0.5, 0.6) is 0 Å². The molecule has 7 aromatic carbocycles. The molecule has 0 spiro atoms. The molecule has 3 heteroatoms. The molecule has 2 aromatic heterocycles. The third kappa shape index (κ3) is 4.77. The number of rotatable bonds is 5. The van der Waals surface area contributed by atoms with E-state index in [0.717, 1.165) is 33.9 Å². The summed E-state index contributed by atoms with van der Waals surface area (Å²) >= 11 is 1.83. The predicted molar refractivity (Wildman–Crippen MR) is 214 cm³/mol. The van der Waals surface area contributed by atoms with Crippen LogP contribution in [0.1, 0.15) is 23.6 Å². The van der Waals surface area contributed by atoms with Crippen LogP contribution in [0.4, 0.5) is 0 Å².